The topological polar surface area (TPSA) is 51.1 Å². The Labute approximate surface area is 170 Å². The third-order valence-electron chi connectivity index (χ3n) is 5.22. The number of nitrogens with zero attached hydrogens (tertiary/aromatic N) is 1. The summed E-state index contributed by atoms with van der Waals surface area (Å²) in [6, 6.07) is 4.05. The number of hydrogen-bond donors (Lipinski definition) is 1. The van der Waals surface area contributed by atoms with E-state index in [0.717, 1.165) is 58.5 Å². The van der Waals surface area contributed by atoms with Crippen molar-refractivity contribution in [2.75, 3.05) is 5.32 Å². The molecule has 4 nitrogen and oxygen atoms in total. The SMILES string of the molecule is CCCn1c(C)c(C)c(=O)c(C(=O)Nc2c(CC)cc(Br)cc2CC)c1C. The Morgan fingerprint density at radius 3 is 2.07 bits per heavy atom. The van der Waals surface area contributed by atoms with Crippen LogP contribution in [0.2, 0.25) is 0 Å². The number of halogens is 1. The highest BCUT2D eigenvalue weighted by molar-refractivity contribution is 9.10. The summed E-state index contributed by atoms with van der Waals surface area (Å²) in [5.41, 5.74) is 5.32. The van der Waals surface area contributed by atoms with Crippen molar-refractivity contribution in [3.63, 3.8) is 0 Å². The molecule has 0 saturated heterocycles. The van der Waals surface area contributed by atoms with Crippen LogP contribution in [-0.2, 0) is 19.4 Å². The molecule has 0 radical (unpaired) electrons. The predicted octanol–water partition coefficient (Wildman–Crippen LogP) is 5.32. The van der Waals surface area contributed by atoms with Crippen LogP contribution in [0, 0.1) is 20.8 Å². The van der Waals surface area contributed by atoms with Gasteiger partial charge in [-0.15, -0.1) is 0 Å². The van der Waals surface area contributed by atoms with Crippen molar-refractivity contribution in [1.82, 2.24) is 4.57 Å². The van der Waals surface area contributed by atoms with E-state index in [-0.39, 0.29) is 16.9 Å². The molecule has 0 unspecified atom stereocenters. The Kier molecular flexibility index (Phi) is 7.04. The van der Waals surface area contributed by atoms with Gasteiger partial charge in [-0.25, -0.2) is 0 Å². The second-order valence-electron chi connectivity index (χ2n) is 6.91. The van der Waals surface area contributed by atoms with Gasteiger partial charge in [-0.2, -0.15) is 0 Å². The third kappa shape index (κ3) is 4.18. The first-order valence-corrected chi connectivity index (χ1v) is 10.4. The van der Waals surface area contributed by atoms with Crippen molar-refractivity contribution in [2.24, 2.45) is 0 Å². The predicted molar refractivity (Wildman–Crippen MR) is 116 cm³/mol. The molecule has 1 aromatic carbocycles. The number of rotatable bonds is 6. The second kappa shape index (κ2) is 8.87. The molecule has 0 aliphatic rings. The number of pyridine rings is 1. The lowest BCUT2D eigenvalue weighted by atomic mass is 10.0. The summed E-state index contributed by atoms with van der Waals surface area (Å²) in [4.78, 5) is 26.0. The second-order valence-corrected chi connectivity index (χ2v) is 7.83. The number of benzene rings is 1. The standard InChI is InChI=1S/C22H29BrN2O2/c1-7-10-25-14(5)13(4)21(26)19(15(25)6)22(27)24-20-16(8-2)11-18(23)12-17(20)9-3/h11-12H,7-10H2,1-6H3,(H,24,27). The van der Waals surface area contributed by atoms with Crippen molar-refractivity contribution in [3.05, 3.63) is 60.5 Å². The van der Waals surface area contributed by atoms with Crippen LogP contribution in [-0.4, -0.2) is 10.5 Å². The van der Waals surface area contributed by atoms with Crippen molar-refractivity contribution in [2.45, 2.75) is 67.3 Å². The van der Waals surface area contributed by atoms with Crippen LogP contribution in [0.4, 0.5) is 5.69 Å². The lowest BCUT2D eigenvalue weighted by molar-refractivity contribution is 0.102. The maximum absolute atomic E-state index is 13.2. The van der Waals surface area contributed by atoms with E-state index in [1.54, 1.807) is 6.92 Å². The molecule has 1 amide bonds. The normalized spacial score (nSPS) is 10.9. The maximum Gasteiger partial charge on any atom is 0.261 e. The van der Waals surface area contributed by atoms with Crippen LogP contribution in [0.25, 0.3) is 0 Å². The molecule has 0 spiro atoms. The fraction of sp³-hybridized carbons (Fsp3) is 0.455. The van der Waals surface area contributed by atoms with E-state index in [1.165, 1.54) is 0 Å². The number of hydrogen-bond acceptors (Lipinski definition) is 2. The first-order valence-electron chi connectivity index (χ1n) is 9.59. The summed E-state index contributed by atoms with van der Waals surface area (Å²) in [6.07, 6.45) is 2.54. The molecule has 2 rings (SSSR count). The zero-order chi connectivity index (χ0) is 20.3. The van der Waals surface area contributed by atoms with Crippen molar-refractivity contribution in [1.29, 1.82) is 0 Å². The number of aryl methyl sites for hydroxylation is 2. The zero-order valence-corrected chi connectivity index (χ0v) is 18.7. The lowest BCUT2D eigenvalue weighted by Gasteiger charge is -2.20. The maximum atomic E-state index is 13.2. The fourth-order valence-electron chi connectivity index (χ4n) is 3.55. The van der Waals surface area contributed by atoms with Gasteiger partial charge < -0.3 is 9.88 Å². The molecule has 1 N–H and O–H groups in total. The van der Waals surface area contributed by atoms with Gasteiger partial charge >= 0.3 is 0 Å². The van der Waals surface area contributed by atoms with Gasteiger partial charge in [0.1, 0.15) is 5.56 Å². The molecule has 0 saturated carbocycles. The molecule has 1 heterocycles. The molecular weight excluding hydrogens is 404 g/mol. The van der Waals surface area contributed by atoms with Crippen LogP contribution in [0.3, 0.4) is 0 Å². The first kappa shape index (κ1) is 21.4. The molecule has 5 heteroatoms. The van der Waals surface area contributed by atoms with E-state index in [2.05, 4.69) is 46.6 Å². The van der Waals surface area contributed by atoms with E-state index in [1.807, 2.05) is 26.0 Å². The van der Waals surface area contributed by atoms with Crippen LogP contribution in [0.1, 0.15) is 65.6 Å². The molecular formula is C22H29BrN2O2. The van der Waals surface area contributed by atoms with Gasteiger partial charge in [0.2, 0.25) is 0 Å². The smallest absolute Gasteiger partial charge is 0.261 e. The molecule has 146 valence electrons. The highest BCUT2D eigenvalue weighted by Crippen LogP contribution is 2.28. The van der Waals surface area contributed by atoms with E-state index >= 15 is 0 Å². The summed E-state index contributed by atoms with van der Waals surface area (Å²) < 4.78 is 3.08. The zero-order valence-electron chi connectivity index (χ0n) is 17.1. The number of aromatic nitrogens is 1. The number of carbonyl (C=O) groups is 1. The van der Waals surface area contributed by atoms with Gasteiger partial charge in [-0.05, 0) is 63.3 Å². The summed E-state index contributed by atoms with van der Waals surface area (Å²) in [5, 5.41) is 3.05. The van der Waals surface area contributed by atoms with Gasteiger partial charge in [-0.3, -0.25) is 9.59 Å². The Morgan fingerprint density at radius 2 is 1.59 bits per heavy atom. The summed E-state index contributed by atoms with van der Waals surface area (Å²) in [5.74, 6) is -0.322. The van der Waals surface area contributed by atoms with E-state index in [4.69, 9.17) is 0 Å². The monoisotopic (exact) mass is 432 g/mol. The average molecular weight is 433 g/mol. The third-order valence-corrected chi connectivity index (χ3v) is 5.68. The Morgan fingerprint density at radius 1 is 1.04 bits per heavy atom. The summed E-state index contributed by atoms with van der Waals surface area (Å²) in [6.45, 7) is 12.6. The Balaban J connectivity index is 2.60. The minimum atomic E-state index is -0.322. The minimum absolute atomic E-state index is 0.178. The molecule has 0 atom stereocenters. The van der Waals surface area contributed by atoms with Crippen LogP contribution >= 0.6 is 15.9 Å². The van der Waals surface area contributed by atoms with Crippen LogP contribution in [0.15, 0.2) is 21.4 Å². The van der Waals surface area contributed by atoms with Crippen molar-refractivity contribution in [3.8, 4) is 0 Å². The Bertz CT molecular complexity index is 904. The largest absolute Gasteiger partial charge is 0.348 e. The van der Waals surface area contributed by atoms with Gasteiger partial charge in [0.15, 0.2) is 5.43 Å². The van der Waals surface area contributed by atoms with Gasteiger partial charge in [-0.1, -0.05) is 36.7 Å². The Hall–Kier alpha value is -1.88. The number of amides is 1. The number of anilines is 1. The highest BCUT2D eigenvalue weighted by Gasteiger charge is 2.21. The molecule has 2 aromatic rings. The molecule has 0 fully saturated rings. The number of nitrogens with one attached hydrogen (secondary N) is 1. The summed E-state index contributed by atoms with van der Waals surface area (Å²) >= 11 is 3.54. The number of carbonyl (C=O) groups excluding carboxylic acids is 1. The van der Waals surface area contributed by atoms with Crippen LogP contribution in [0.5, 0.6) is 0 Å². The van der Waals surface area contributed by atoms with E-state index < -0.39 is 0 Å². The molecule has 1 aromatic heterocycles. The van der Waals surface area contributed by atoms with Gasteiger partial charge in [0.05, 0.1) is 0 Å². The van der Waals surface area contributed by atoms with Gasteiger partial charge in [0.25, 0.3) is 5.91 Å². The van der Waals surface area contributed by atoms with Crippen molar-refractivity contribution >= 4 is 27.5 Å². The van der Waals surface area contributed by atoms with E-state index in [0.29, 0.717) is 5.56 Å². The van der Waals surface area contributed by atoms with E-state index in [9.17, 15) is 9.59 Å². The molecule has 0 bridgehead atoms. The highest BCUT2D eigenvalue weighted by atomic mass is 79.9. The minimum Gasteiger partial charge on any atom is -0.348 e. The van der Waals surface area contributed by atoms with Gasteiger partial charge in [0, 0.05) is 33.7 Å². The molecule has 0 aliphatic carbocycles. The molecule has 0 aliphatic heterocycles. The lowest BCUT2D eigenvalue weighted by Crippen LogP contribution is -2.30. The average Bonchev–Trinajstić information content (AvgIpc) is 2.64. The summed E-state index contributed by atoms with van der Waals surface area (Å²) in [7, 11) is 0. The van der Waals surface area contributed by atoms with Crippen molar-refractivity contribution < 1.29 is 4.79 Å². The fourth-order valence-corrected chi connectivity index (χ4v) is 4.10. The first-order chi connectivity index (χ1) is 12.8. The quantitative estimate of drug-likeness (QED) is 0.670. The molecule has 27 heavy (non-hydrogen) atoms. The van der Waals surface area contributed by atoms with Crippen LogP contribution < -0.4 is 10.7 Å².